The van der Waals surface area contributed by atoms with E-state index in [9.17, 15) is 0 Å². The summed E-state index contributed by atoms with van der Waals surface area (Å²) >= 11 is 0. The summed E-state index contributed by atoms with van der Waals surface area (Å²) in [5.74, 6) is 0. The molecular formula is C12H26N2O. The van der Waals surface area contributed by atoms with Crippen LogP contribution in [0.5, 0.6) is 0 Å². The number of nitrogens with zero attached hydrogens (tertiary/aromatic N) is 1. The summed E-state index contributed by atoms with van der Waals surface area (Å²) in [6.07, 6.45) is 6.93. The highest BCUT2D eigenvalue weighted by Crippen LogP contribution is 2.22. The molecule has 0 radical (unpaired) electrons. The van der Waals surface area contributed by atoms with E-state index < -0.39 is 0 Å². The Kier molecular flexibility index (Phi) is 6.22. The lowest BCUT2D eigenvalue weighted by atomic mass is 9.90. The third-order valence-corrected chi connectivity index (χ3v) is 3.37. The standard InChI is InChI=1S/C12H26N2O/c1-2-8-14(9-3-10-15)12-6-4-11(13)5-7-12/h11-12,15H,2-10,13H2,1H3. The van der Waals surface area contributed by atoms with Gasteiger partial charge in [0.25, 0.3) is 0 Å². The number of hydrogen-bond acceptors (Lipinski definition) is 3. The van der Waals surface area contributed by atoms with Crippen LogP contribution in [0.25, 0.3) is 0 Å². The van der Waals surface area contributed by atoms with Gasteiger partial charge in [0.05, 0.1) is 0 Å². The van der Waals surface area contributed by atoms with E-state index in [1.54, 1.807) is 0 Å². The highest BCUT2D eigenvalue weighted by atomic mass is 16.3. The number of hydrogen-bond donors (Lipinski definition) is 2. The maximum absolute atomic E-state index is 8.88. The van der Waals surface area contributed by atoms with Gasteiger partial charge in [0.2, 0.25) is 0 Å². The summed E-state index contributed by atoms with van der Waals surface area (Å²) in [5, 5.41) is 8.88. The maximum atomic E-state index is 8.88. The minimum Gasteiger partial charge on any atom is -0.396 e. The SMILES string of the molecule is CCCN(CCCO)C1CCC(N)CC1. The molecule has 0 atom stereocenters. The van der Waals surface area contributed by atoms with Crippen molar-refractivity contribution in [2.75, 3.05) is 19.7 Å². The minimum absolute atomic E-state index is 0.312. The largest absolute Gasteiger partial charge is 0.396 e. The molecule has 3 nitrogen and oxygen atoms in total. The first-order valence-electron chi connectivity index (χ1n) is 6.38. The predicted molar refractivity (Wildman–Crippen MR) is 63.8 cm³/mol. The second kappa shape index (κ2) is 7.20. The van der Waals surface area contributed by atoms with Crippen LogP contribution in [-0.2, 0) is 0 Å². The van der Waals surface area contributed by atoms with Crippen LogP contribution in [0.15, 0.2) is 0 Å². The summed E-state index contributed by atoms with van der Waals surface area (Å²) < 4.78 is 0. The van der Waals surface area contributed by atoms with E-state index in [0.717, 1.165) is 19.0 Å². The Labute approximate surface area is 93.6 Å². The zero-order valence-corrected chi connectivity index (χ0v) is 9.99. The molecule has 1 aliphatic rings. The quantitative estimate of drug-likeness (QED) is 0.702. The molecular weight excluding hydrogens is 188 g/mol. The molecule has 0 saturated heterocycles. The highest BCUT2D eigenvalue weighted by Gasteiger charge is 2.23. The van der Waals surface area contributed by atoms with Gasteiger partial charge in [-0.15, -0.1) is 0 Å². The molecule has 0 aromatic carbocycles. The normalized spacial score (nSPS) is 27.2. The van der Waals surface area contributed by atoms with Crippen molar-refractivity contribution in [1.29, 1.82) is 0 Å². The maximum Gasteiger partial charge on any atom is 0.0443 e. The van der Waals surface area contributed by atoms with Gasteiger partial charge in [-0.2, -0.15) is 0 Å². The Morgan fingerprint density at radius 1 is 1.20 bits per heavy atom. The summed E-state index contributed by atoms with van der Waals surface area (Å²) in [6.45, 7) is 4.75. The van der Waals surface area contributed by atoms with Crippen LogP contribution in [0.4, 0.5) is 0 Å². The highest BCUT2D eigenvalue weighted by molar-refractivity contribution is 4.80. The predicted octanol–water partition coefficient (Wildman–Crippen LogP) is 1.35. The van der Waals surface area contributed by atoms with Crippen LogP contribution < -0.4 is 5.73 Å². The van der Waals surface area contributed by atoms with E-state index in [2.05, 4.69) is 11.8 Å². The molecule has 90 valence electrons. The van der Waals surface area contributed by atoms with Crippen molar-refractivity contribution >= 4 is 0 Å². The molecule has 0 spiro atoms. The molecule has 3 heteroatoms. The first-order valence-corrected chi connectivity index (χ1v) is 6.38. The smallest absolute Gasteiger partial charge is 0.0443 e. The van der Waals surface area contributed by atoms with Gasteiger partial charge in [0, 0.05) is 25.2 Å². The monoisotopic (exact) mass is 214 g/mol. The Hall–Kier alpha value is -0.120. The van der Waals surface area contributed by atoms with Gasteiger partial charge >= 0.3 is 0 Å². The first kappa shape index (κ1) is 12.9. The van der Waals surface area contributed by atoms with Crippen molar-refractivity contribution < 1.29 is 5.11 Å². The van der Waals surface area contributed by atoms with Crippen LogP contribution >= 0.6 is 0 Å². The van der Waals surface area contributed by atoms with Crippen LogP contribution in [-0.4, -0.2) is 41.8 Å². The molecule has 0 aliphatic heterocycles. The van der Waals surface area contributed by atoms with Crippen molar-refractivity contribution in [2.24, 2.45) is 5.73 Å². The summed E-state index contributed by atoms with van der Waals surface area (Å²) in [4.78, 5) is 2.54. The lowest BCUT2D eigenvalue weighted by Crippen LogP contribution is -2.41. The average Bonchev–Trinajstić information content (AvgIpc) is 2.25. The van der Waals surface area contributed by atoms with Crippen LogP contribution in [0.2, 0.25) is 0 Å². The third kappa shape index (κ3) is 4.49. The summed E-state index contributed by atoms with van der Waals surface area (Å²) in [5.41, 5.74) is 5.91. The summed E-state index contributed by atoms with van der Waals surface area (Å²) in [7, 11) is 0. The average molecular weight is 214 g/mol. The van der Waals surface area contributed by atoms with Gasteiger partial charge in [0.15, 0.2) is 0 Å². The lowest BCUT2D eigenvalue weighted by Gasteiger charge is -2.35. The van der Waals surface area contributed by atoms with E-state index in [4.69, 9.17) is 10.8 Å². The van der Waals surface area contributed by atoms with E-state index in [0.29, 0.717) is 12.6 Å². The second-order valence-corrected chi connectivity index (χ2v) is 4.68. The number of nitrogens with two attached hydrogens (primary N) is 1. The fraction of sp³-hybridized carbons (Fsp3) is 1.00. The van der Waals surface area contributed by atoms with Gasteiger partial charge in [-0.3, -0.25) is 0 Å². The molecule has 0 heterocycles. The van der Waals surface area contributed by atoms with Gasteiger partial charge in [-0.1, -0.05) is 6.92 Å². The van der Waals surface area contributed by atoms with Crippen molar-refractivity contribution in [1.82, 2.24) is 4.90 Å². The van der Waals surface area contributed by atoms with Gasteiger partial charge in [-0.25, -0.2) is 0 Å². The van der Waals surface area contributed by atoms with Crippen LogP contribution in [0.3, 0.4) is 0 Å². The minimum atomic E-state index is 0.312. The molecule has 15 heavy (non-hydrogen) atoms. The lowest BCUT2D eigenvalue weighted by molar-refractivity contribution is 0.137. The van der Waals surface area contributed by atoms with Crippen molar-refractivity contribution in [3.05, 3.63) is 0 Å². The molecule has 1 fully saturated rings. The zero-order chi connectivity index (χ0) is 11.1. The van der Waals surface area contributed by atoms with Crippen molar-refractivity contribution in [3.63, 3.8) is 0 Å². The molecule has 3 N–H and O–H groups in total. The topological polar surface area (TPSA) is 49.5 Å². The molecule has 0 aromatic heterocycles. The molecule has 0 unspecified atom stereocenters. The van der Waals surface area contributed by atoms with Crippen molar-refractivity contribution in [3.8, 4) is 0 Å². The zero-order valence-electron chi connectivity index (χ0n) is 9.99. The molecule has 0 bridgehead atoms. The molecule has 1 aliphatic carbocycles. The Balaban J connectivity index is 2.33. The Bertz CT molecular complexity index is 156. The first-order chi connectivity index (χ1) is 7.27. The van der Waals surface area contributed by atoms with Crippen LogP contribution in [0, 0.1) is 0 Å². The number of rotatable bonds is 6. The fourth-order valence-corrected chi connectivity index (χ4v) is 2.50. The number of aliphatic hydroxyl groups is 1. The Morgan fingerprint density at radius 2 is 1.87 bits per heavy atom. The Morgan fingerprint density at radius 3 is 2.40 bits per heavy atom. The van der Waals surface area contributed by atoms with E-state index in [1.807, 2.05) is 0 Å². The molecule has 0 amide bonds. The van der Waals surface area contributed by atoms with Gasteiger partial charge in [-0.05, 0) is 45.1 Å². The molecule has 1 saturated carbocycles. The third-order valence-electron chi connectivity index (χ3n) is 3.37. The molecule has 1 rings (SSSR count). The molecule has 0 aromatic rings. The van der Waals surface area contributed by atoms with Crippen LogP contribution in [0.1, 0.15) is 45.4 Å². The van der Waals surface area contributed by atoms with Crippen molar-refractivity contribution in [2.45, 2.75) is 57.5 Å². The fourth-order valence-electron chi connectivity index (χ4n) is 2.50. The van der Waals surface area contributed by atoms with E-state index in [-0.39, 0.29) is 0 Å². The summed E-state index contributed by atoms with van der Waals surface area (Å²) in [6, 6.07) is 1.15. The van der Waals surface area contributed by atoms with Gasteiger partial charge < -0.3 is 15.7 Å². The van der Waals surface area contributed by atoms with E-state index >= 15 is 0 Å². The second-order valence-electron chi connectivity index (χ2n) is 4.68. The number of aliphatic hydroxyl groups excluding tert-OH is 1. The van der Waals surface area contributed by atoms with Gasteiger partial charge in [0.1, 0.15) is 0 Å². The van der Waals surface area contributed by atoms with E-state index in [1.165, 1.54) is 38.6 Å².